The van der Waals surface area contributed by atoms with Crippen LogP contribution < -0.4 is 14.4 Å². The lowest BCUT2D eigenvalue weighted by atomic mass is 10.1. The van der Waals surface area contributed by atoms with Gasteiger partial charge in [-0.25, -0.2) is 32.2 Å². The van der Waals surface area contributed by atoms with Gasteiger partial charge in [0, 0.05) is 79.1 Å². The van der Waals surface area contributed by atoms with Gasteiger partial charge in [-0.3, -0.25) is 14.3 Å². The summed E-state index contributed by atoms with van der Waals surface area (Å²) in [5.41, 5.74) is 2.34. The lowest BCUT2D eigenvalue weighted by Gasteiger charge is -2.36. The molecular formula is C29H26F2N6O5S. The summed E-state index contributed by atoms with van der Waals surface area (Å²) in [6.07, 6.45) is 7.23. The number of amides is 1. The molecule has 0 radical (unpaired) electrons. The van der Waals surface area contributed by atoms with E-state index in [1.165, 1.54) is 38.4 Å². The fraction of sp³-hybridized carbons (Fsp3) is 0.207. The fourth-order valence-corrected chi connectivity index (χ4v) is 5.76. The van der Waals surface area contributed by atoms with Crippen LogP contribution in [0.25, 0.3) is 22.2 Å². The van der Waals surface area contributed by atoms with Crippen molar-refractivity contribution in [1.82, 2.24) is 19.9 Å². The lowest BCUT2D eigenvalue weighted by molar-refractivity contribution is -0.126. The molecule has 3 aromatic heterocycles. The van der Waals surface area contributed by atoms with Gasteiger partial charge in [-0.15, -0.1) is 0 Å². The highest BCUT2D eigenvalue weighted by Crippen LogP contribution is 2.33. The van der Waals surface area contributed by atoms with Gasteiger partial charge in [-0.2, -0.15) is 0 Å². The van der Waals surface area contributed by atoms with Gasteiger partial charge in [0.1, 0.15) is 22.2 Å². The lowest BCUT2D eigenvalue weighted by Crippen LogP contribution is -2.48. The Labute approximate surface area is 245 Å². The fourth-order valence-electron chi connectivity index (χ4n) is 4.65. The summed E-state index contributed by atoms with van der Waals surface area (Å²) in [7, 11) is -3.15. The first-order chi connectivity index (χ1) is 20.6. The first-order valence-electron chi connectivity index (χ1n) is 13.1. The number of hydrogen-bond donors (Lipinski definition) is 1. The summed E-state index contributed by atoms with van der Waals surface area (Å²) in [6, 6.07) is 7.33. The summed E-state index contributed by atoms with van der Waals surface area (Å²) < 4.78 is 61.0. The van der Waals surface area contributed by atoms with E-state index in [9.17, 15) is 26.8 Å². The highest BCUT2D eigenvalue weighted by molar-refractivity contribution is 7.92. The number of sulfonamides is 1. The van der Waals surface area contributed by atoms with Gasteiger partial charge < -0.3 is 14.5 Å². The number of pyridine rings is 3. The van der Waals surface area contributed by atoms with Crippen LogP contribution in [-0.4, -0.2) is 73.2 Å². The molecule has 1 saturated heterocycles. The smallest absolute Gasteiger partial charge is 0.264 e. The molecule has 0 saturated carbocycles. The Kier molecular flexibility index (Phi) is 8.30. The highest BCUT2D eigenvalue weighted by Gasteiger charge is 2.24. The molecule has 1 aromatic carbocycles. The second-order valence-corrected chi connectivity index (χ2v) is 11.3. The minimum absolute atomic E-state index is 0.0588. The number of nitrogens with one attached hydrogen (secondary N) is 1. The normalized spacial score (nSPS) is 13.9. The molecule has 0 aliphatic carbocycles. The summed E-state index contributed by atoms with van der Waals surface area (Å²) >= 11 is 0. The maximum atomic E-state index is 14.3. The van der Waals surface area contributed by atoms with E-state index in [4.69, 9.17) is 4.74 Å². The van der Waals surface area contributed by atoms with E-state index >= 15 is 0 Å². The molecule has 1 aliphatic rings. The number of nitrogens with zero attached hydrogens (tertiary/aromatic N) is 5. The minimum Gasteiger partial charge on any atom is -0.480 e. The van der Waals surface area contributed by atoms with Crippen LogP contribution in [0.3, 0.4) is 0 Å². The number of carbonyl (C=O) groups is 2. The largest absolute Gasteiger partial charge is 0.480 e. The monoisotopic (exact) mass is 608 g/mol. The van der Waals surface area contributed by atoms with E-state index in [0.29, 0.717) is 49.0 Å². The molecular weight excluding hydrogens is 582 g/mol. The zero-order valence-corrected chi connectivity index (χ0v) is 23.9. The Morgan fingerprint density at radius 3 is 2.37 bits per heavy atom. The van der Waals surface area contributed by atoms with Gasteiger partial charge in [0.25, 0.3) is 10.0 Å². The number of carbonyl (C=O) groups excluding carboxylic acids is 2. The second-order valence-electron chi connectivity index (χ2n) is 9.64. The number of rotatable bonds is 8. The van der Waals surface area contributed by atoms with Crippen LogP contribution in [0.4, 0.5) is 20.2 Å². The van der Waals surface area contributed by atoms with E-state index < -0.39 is 26.6 Å². The Morgan fingerprint density at radius 2 is 1.67 bits per heavy atom. The van der Waals surface area contributed by atoms with Crippen molar-refractivity contribution in [1.29, 1.82) is 0 Å². The quantitative estimate of drug-likeness (QED) is 0.298. The number of methoxy groups -OCH3 is 1. The van der Waals surface area contributed by atoms with Crippen molar-refractivity contribution in [2.45, 2.75) is 11.8 Å². The molecule has 1 amide bonds. The third-order valence-electron chi connectivity index (χ3n) is 6.77. The van der Waals surface area contributed by atoms with Gasteiger partial charge in [0.15, 0.2) is 11.4 Å². The maximum absolute atomic E-state index is 14.3. The molecule has 0 bridgehead atoms. The topological polar surface area (TPSA) is 135 Å². The summed E-state index contributed by atoms with van der Waals surface area (Å²) in [5.74, 6) is -2.63. The van der Waals surface area contributed by atoms with E-state index in [1.807, 2.05) is 12.1 Å². The van der Waals surface area contributed by atoms with Crippen LogP contribution in [0, 0.1) is 11.6 Å². The molecule has 11 nitrogen and oxygen atoms in total. The number of ketones is 1. The molecule has 0 unspecified atom stereocenters. The van der Waals surface area contributed by atoms with Crippen molar-refractivity contribution in [2.24, 2.45) is 0 Å². The van der Waals surface area contributed by atoms with E-state index in [-0.39, 0.29) is 23.3 Å². The number of halogens is 2. The number of benzene rings is 1. The van der Waals surface area contributed by atoms with Crippen LogP contribution in [0.1, 0.15) is 6.92 Å². The van der Waals surface area contributed by atoms with Crippen LogP contribution >= 0.6 is 0 Å². The number of aromatic nitrogens is 3. The number of piperazine rings is 1. The summed E-state index contributed by atoms with van der Waals surface area (Å²) in [6.45, 7) is 3.38. The molecule has 43 heavy (non-hydrogen) atoms. The second kappa shape index (κ2) is 12.1. The van der Waals surface area contributed by atoms with Crippen molar-refractivity contribution >= 4 is 44.1 Å². The van der Waals surface area contributed by atoms with Gasteiger partial charge >= 0.3 is 0 Å². The first kappa shape index (κ1) is 29.5. The number of anilines is 2. The van der Waals surface area contributed by atoms with Gasteiger partial charge in [-0.05, 0) is 43.3 Å². The van der Waals surface area contributed by atoms with Gasteiger partial charge in [0.05, 0.1) is 7.11 Å². The molecule has 4 aromatic rings. The first-order valence-corrected chi connectivity index (χ1v) is 14.5. The molecule has 14 heteroatoms. The third kappa shape index (κ3) is 6.43. The predicted molar refractivity (Wildman–Crippen MR) is 155 cm³/mol. The molecule has 5 rings (SSSR count). The Bertz CT molecular complexity index is 1860. The van der Waals surface area contributed by atoms with Crippen molar-refractivity contribution in [3.8, 4) is 17.0 Å². The Hall–Kier alpha value is -4.98. The predicted octanol–water partition coefficient (Wildman–Crippen LogP) is 3.57. The number of ether oxygens (including phenoxy) is 1. The summed E-state index contributed by atoms with van der Waals surface area (Å²) in [5, 5.41) is 0.725. The molecule has 1 fully saturated rings. The van der Waals surface area contributed by atoms with Crippen LogP contribution in [0.15, 0.2) is 72.0 Å². The van der Waals surface area contributed by atoms with E-state index in [2.05, 4.69) is 24.6 Å². The number of allylic oxidation sites excluding steroid dienone is 1. The van der Waals surface area contributed by atoms with E-state index in [0.717, 1.165) is 23.2 Å². The summed E-state index contributed by atoms with van der Waals surface area (Å²) in [4.78, 5) is 39.7. The third-order valence-corrected chi connectivity index (χ3v) is 8.17. The zero-order valence-electron chi connectivity index (χ0n) is 23.1. The van der Waals surface area contributed by atoms with Crippen molar-refractivity contribution < 1.29 is 31.5 Å². The zero-order chi connectivity index (χ0) is 30.7. The standard InChI is InChI=1S/C29H26F2N6O5S/c1-18(38)3-6-27(39)37-11-9-36(10-12-37)25-7-8-32-28-22(25)13-19(16-33-28)20-14-24(29(42-2)34-17-20)35-43(40,41)26-5-4-21(30)15-23(26)31/h3-8,13-17,35H,9-12H2,1-2H3/b6-3+. The Morgan fingerprint density at radius 1 is 0.953 bits per heavy atom. The van der Waals surface area contributed by atoms with Gasteiger partial charge in [-0.1, -0.05) is 0 Å². The average Bonchev–Trinajstić information content (AvgIpc) is 2.99. The average molecular weight is 609 g/mol. The molecule has 1 N–H and O–H groups in total. The SMILES string of the molecule is COc1ncc(-c2cnc3nccc(N4CCN(C(=O)/C=C/C(C)=O)CC4)c3c2)cc1NS(=O)(=O)c1ccc(F)cc1F. The van der Waals surface area contributed by atoms with Crippen molar-refractivity contribution in [3.05, 3.63) is 78.8 Å². The van der Waals surface area contributed by atoms with Crippen molar-refractivity contribution in [2.75, 3.05) is 42.9 Å². The maximum Gasteiger partial charge on any atom is 0.264 e. The van der Waals surface area contributed by atoms with Crippen LogP contribution in [0.2, 0.25) is 0 Å². The van der Waals surface area contributed by atoms with Gasteiger partial charge in [0.2, 0.25) is 11.8 Å². The highest BCUT2D eigenvalue weighted by atomic mass is 32.2. The van der Waals surface area contributed by atoms with Crippen molar-refractivity contribution in [3.63, 3.8) is 0 Å². The van der Waals surface area contributed by atoms with E-state index in [1.54, 1.807) is 17.3 Å². The molecule has 0 atom stereocenters. The molecule has 222 valence electrons. The Balaban J connectivity index is 1.43. The number of fused-ring (bicyclic) bond motifs is 1. The minimum atomic E-state index is -4.46. The molecule has 1 aliphatic heterocycles. The molecule has 4 heterocycles. The van der Waals surface area contributed by atoms with Crippen LogP contribution in [0.5, 0.6) is 5.88 Å². The molecule has 0 spiro atoms. The number of hydrogen-bond acceptors (Lipinski definition) is 9. The van der Waals surface area contributed by atoms with Crippen LogP contribution in [-0.2, 0) is 19.6 Å².